The van der Waals surface area contributed by atoms with Crippen LogP contribution in [0.15, 0.2) is 60.8 Å². The van der Waals surface area contributed by atoms with E-state index in [1.54, 1.807) is 24.3 Å². The fraction of sp³-hybridized carbons (Fsp3) is 0.375. The minimum atomic E-state index is -0.368. The number of ether oxygens (including phenoxy) is 1. The smallest absolute Gasteiger partial charge is 0.323 e. The minimum absolute atomic E-state index is 0.0131. The van der Waals surface area contributed by atoms with Gasteiger partial charge in [0.05, 0.1) is 18.6 Å². The molecule has 6 rings (SSSR count). The number of hydrogen-bond acceptors (Lipinski definition) is 7. The summed E-state index contributed by atoms with van der Waals surface area (Å²) in [6.07, 6.45) is 2.05. The van der Waals surface area contributed by atoms with Crippen LogP contribution < -0.4 is 15.5 Å². The Hall–Kier alpha value is -4.48. The molecule has 0 saturated carbocycles. The lowest BCUT2D eigenvalue weighted by Crippen LogP contribution is -2.52. The number of likely N-dealkylation sites (N-methyl/N-ethyl adjacent to an activating group) is 1. The fourth-order valence-electron chi connectivity index (χ4n) is 5.56. The standard InChI is InChI=1S/C32H38N8O3/c1-4-38-14-13-27-29(38)35-28(36-30(27)39-17-19-43-20-18-39)23-5-9-25(10-6-23)33-32(42)34-26-11-7-24(8-12-26)31(41)40-16-15-37(3)22(2)21-40/h5-14,22H,4,15-21H2,1-3H3,(H2,33,34,42)/t22-/m0/s1. The molecular formula is C32H38N8O3. The number of hydrogen-bond donors (Lipinski definition) is 2. The van der Waals surface area contributed by atoms with E-state index in [4.69, 9.17) is 14.7 Å². The summed E-state index contributed by atoms with van der Waals surface area (Å²) in [5.74, 6) is 1.57. The molecule has 2 aliphatic heterocycles. The zero-order chi connectivity index (χ0) is 29.9. The van der Waals surface area contributed by atoms with Crippen LogP contribution in [0.1, 0.15) is 24.2 Å². The highest BCUT2D eigenvalue weighted by Crippen LogP contribution is 2.29. The van der Waals surface area contributed by atoms with Crippen LogP contribution in [0.2, 0.25) is 0 Å². The molecule has 0 bridgehead atoms. The summed E-state index contributed by atoms with van der Waals surface area (Å²) in [6.45, 7) is 10.2. The van der Waals surface area contributed by atoms with Crippen molar-refractivity contribution in [3.8, 4) is 11.4 Å². The second-order valence-corrected chi connectivity index (χ2v) is 11.1. The van der Waals surface area contributed by atoms with Gasteiger partial charge in [0.15, 0.2) is 5.82 Å². The minimum Gasteiger partial charge on any atom is -0.378 e. The second kappa shape index (κ2) is 12.4. The number of nitrogens with zero attached hydrogens (tertiary/aromatic N) is 6. The topological polar surface area (TPSA) is 108 Å². The van der Waals surface area contributed by atoms with E-state index in [9.17, 15) is 9.59 Å². The molecule has 2 saturated heterocycles. The Morgan fingerprint density at radius 1 is 0.907 bits per heavy atom. The van der Waals surface area contributed by atoms with Gasteiger partial charge in [0, 0.05) is 74.0 Å². The summed E-state index contributed by atoms with van der Waals surface area (Å²) in [5.41, 5.74) is 3.63. The number of morpholine rings is 1. The number of nitrogens with one attached hydrogen (secondary N) is 2. The van der Waals surface area contributed by atoms with Crippen molar-refractivity contribution in [1.29, 1.82) is 0 Å². The number of aryl methyl sites for hydroxylation is 1. The van der Waals surface area contributed by atoms with Crippen LogP contribution in [0.25, 0.3) is 22.4 Å². The summed E-state index contributed by atoms with van der Waals surface area (Å²) >= 11 is 0. The second-order valence-electron chi connectivity index (χ2n) is 11.1. The highest BCUT2D eigenvalue weighted by Gasteiger charge is 2.25. The summed E-state index contributed by atoms with van der Waals surface area (Å²) in [7, 11) is 2.08. The number of benzene rings is 2. The van der Waals surface area contributed by atoms with Crippen molar-refractivity contribution >= 4 is 40.2 Å². The molecule has 2 aliphatic rings. The average Bonchev–Trinajstić information content (AvgIpc) is 3.46. The molecule has 0 spiro atoms. The highest BCUT2D eigenvalue weighted by atomic mass is 16.5. The SMILES string of the molecule is CCn1ccc2c(N3CCOCC3)nc(-c3ccc(NC(=O)Nc4ccc(C(=O)N5CCN(C)[C@@H](C)C5)cc4)cc3)nc21. The molecule has 11 heteroatoms. The lowest BCUT2D eigenvalue weighted by atomic mass is 10.1. The molecule has 0 aliphatic carbocycles. The normalized spacial score (nSPS) is 17.7. The zero-order valence-corrected chi connectivity index (χ0v) is 24.9. The number of amides is 3. The molecule has 0 radical (unpaired) electrons. The van der Waals surface area contributed by atoms with Crippen LogP contribution in [0, 0.1) is 0 Å². The number of fused-ring (bicyclic) bond motifs is 1. The molecule has 224 valence electrons. The molecule has 1 atom stereocenters. The van der Waals surface area contributed by atoms with E-state index in [1.165, 1.54) is 0 Å². The Balaban J connectivity index is 1.11. The zero-order valence-electron chi connectivity index (χ0n) is 24.9. The van der Waals surface area contributed by atoms with Gasteiger partial charge in [-0.3, -0.25) is 4.79 Å². The predicted molar refractivity (Wildman–Crippen MR) is 169 cm³/mol. The Labute approximate surface area is 251 Å². The van der Waals surface area contributed by atoms with Gasteiger partial charge in [-0.25, -0.2) is 14.8 Å². The molecule has 4 heterocycles. The Morgan fingerprint density at radius 3 is 2.23 bits per heavy atom. The van der Waals surface area contributed by atoms with Gasteiger partial charge in [-0.1, -0.05) is 0 Å². The Bertz CT molecular complexity index is 1600. The van der Waals surface area contributed by atoms with Gasteiger partial charge >= 0.3 is 6.03 Å². The number of anilines is 3. The quantitative estimate of drug-likeness (QED) is 0.348. The van der Waals surface area contributed by atoms with Crippen molar-refractivity contribution in [3.63, 3.8) is 0 Å². The molecule has 2 N–H and O–H groups in total. The third kappa shape index (κ3) is 6.18. The van der Waals surface area contributed by atoms with Crippen LogP contribution in [0.4, 0.5) is 22.0 Å². The summed E-state index contributed by atoms with van der Waals surface area (Å²) in [6, 6.07) is 16.6. The first-order valence-corrected chi connectivity index (χ1v) is 14.9. The van der Waals surface area contributed by atoms with Gasteiger partial charge in [0.25, 0.3) is 5.91 Å². The fourth-order valence-corrected chi connectivity index (χ4v) is 5.56. The first kappa shape index (κ1) is 28.6. The lowest BCUT2D eigenvalue weighted by Gasteiger charge is -2.37. The largest absolute Gasteiger partial charge is 0.378 e. The molecule has 11 nitrogen and oxygen atoms in total. The lowest BCUT2D eigenvalue weighted by molar-refractivity contribution is 0.0572. The molecule has 43 heavy (non-hydrogen) atoms. The third-order valence-electron chi connectivity index (χ3n) is 8.29. The molecule has 4 aromatic rings. The maximum Gasteiger partial charge on any atom is 0.323 e. The van der Waals surface area contributed by atoms with Gasteiger partial charge in [-0.05, 0) is 75.5 Å². The van der Waals surface area contributed by atoms with Crippen molar-refractivity contribution in [1.82, 2.24) is 24.3 Å². The van der Waals surface area contributed by atoms with Crippen LogP contribution in [0.5, 0.6) is 0 Å². The number of urea groups is 1. The summed E-state index contributed by atoms with van der Waals surface area (Å²) in [4.78, 5) is 41.9. The van der Waals surface area contributed by atoms with Gasteiger partial charge in [0.1, 0.15) is 11.5 Å². The van der Waals surface area contributed by atoms with E-state index in [2.05, 4.69) is 58.2 Å². The van der Waals surface area contributed by atoms with Gasteiger partial charge < -0.3 is 34.6 Å². The highest BCUT2D eigenvalue weighted by molar-refractivity contribution is 6.00. The molecule has 2 fully saturated rings. The van der Waals surface area contributed by atoms with Gasteiger partial charge in [0.2, 0.25) is 0 Å². The van der Waals surface area contributed by atoms with Crippen LogP contribution >= 0.6 is 0 Å². The van der Waals surface area contributed by atoms with E-state index in [1.807, 2.05) is 29.2 Å². The number of piperazine rings is 1. The number of carbonyl (C=O) groups is 2. The van der Waals surface area contributed by atoms with Crippen molar-refractivity contribution < 1.29 is 14.3 Å². The van der Waals surface area contributed by atoms with E-state index < -0.39 is 0 Å². The number of rotatable bonds is 6. The predicted octanol–water partition coefficient (Wildman–Crippen LogP) is 4.37. The van der Waals surface area contributed by atoms with Gasteiger partial charge in [-0.15, -0.1) is 0 Å². The molecule has 0 unspecified atom stereocenters. The molecule has 2 aromatic heterocycles. The van der Waals surface area contributed by atoms with Crippen molar-refractivity contribution in [2.75, 3.05) is 68.5 Å². The van der Waals surface area contributed by atoms with Crippen LogP contribution in [-0.4, -0.2) is 95.3 Å². The Morgan fingerprint density at radius 2 is 1.58 bits per heavy atom. The first-order chi connectivity index (χ1) is 20.9. The maximum atomic E-state index is 12.9. The molecule has 2 aromatic carbocycles. The number of aromatic nitrogens is 3. The maximum absolute atomic E-state index is 12.9. The van der Waals surface area contributed by atoms with E-state index >= 15 is 0 Å². The van der Waals surface area contributed by atoms with E-state index in [0.717, 1.165) is 48.6 Å². The first-order valence-electron chi connectivity index (χ1n) is 14.9. The van der Waals surface area contributed by atoms with Crippen LogP contribution in [0.3, 0.4) is 0 Å². The summed E-state index contributed by atoms with van der Waals surface area (Å²) in [5, 5.41) is 6.76. The van der Waals surface area contributed by atoms with Crippen molar-refractivity contribution in [3.05, 3.63) is 66.4 Å². The van der Waals surface area contributed by atoms with Gasteiger partial charge in [-0.2, -0.15) is 0 Å². The Kier molecular flexibility index (Phi) is 8.26. The van der Waals surface area contributed by atoms with E-state index in [0.29, 0.717) is 55.1 Å². The summed E-state index contributed by atoms with van der Waals surface area (Å²) < 4.78 is 7.68. The monoisotopic (exact) mass is 582 g/mol. The van der Waals surface area contributed by atoms with Crippen molar-refractivity contribution in [2.24, 2.45) is 0 Å². The average molecular weight is 583 g/mol. The van der Waals surface area contributed by atoms with Crippen molar-refractivity contribution in [2.45, 2.75) is 26.4 Å². The van der Waals surface area contributed by atoms with E-state index in [-0.39, 0.29) is 11.9 Å². The molecular weight excluding hydrogens is 544 g/mol. The van der Waals surface area contributed by atoms with Crippen LogP contribution in [-0.2, 0) is 11.3 Å². The number of carbonyl (C=O) groups excluding carboxylic acids is 2. The third-order valence-corrected chi connectivity index (χ3v) is 8.29. The molecule has 3 amide bonds.